The monoisotopic (exact) mass is 578 g/mol. The zero-order chi connectivity index (χ0) is 29.1. The molecule has 0 spiro atoms. The van der Waals surface area contributed by atoms with E-state index in [1.165, 1.54) is 4.90 Å². The maximum atomic E-state index is 13.7. The first-order valence-electron chi connectivity index (χ1n) is 13.4. The van der Waals surface area contributed by atoms with E-state index in [4.69, 9.17) is 22.1 Å². The summed E-state index contributed by atoms with van der Waals surface area (Å²) in [5.74, 6) is -0.317. The quantitative estimate of drug-likeness (QED) is 0.377. The smallest absolute Gasteiger partial charge is 0.407 e. The van der Waals surface area contributed by atoms with Gasteiger partial charge in [0.25, 0.3) is 5.91 Å². The molecule has 0 radical (unpaired) electrons. The van der Waals surface area contributed by atoms with Gasteiger partial charge in [-0.2, -0.15) is 15.2 Å². The Kier molecular flexibility index (Phi) is 8.28. The van der Waals surface area contributed by atoms with Gasteiger partial charge in [0.1, 0.15) is 12.3 Å². The molecule has 2 saturated heterocycles. The molecule has 2 amide bonds. The number of likely N-dealkylation sites (tertiary alicyclic amines) is 1. The molecule has 2 aliphatic rings. The van der Waals surface area contributed by atoms with Gasteiger partial charge in [-0.05, 0) is 44.0 Å². The molecule has 0 saturated carbocycles. The second-order valence-corrected chi connectivity index (χ2v) is 10.6. The molecule has 5 rings (SSSR count). The van der Waals surface area contributed by atoms with E-state index in [9.17, 15) is 20.0 Å². The number of carboxylic acid groups (broad SMARTS) is 1. The molecule has 2 atom stereocenters. The lowest BCUT2D eigenvalue weighted by Gasteiger charge is -2.40. The van der Waals surface area contributed by atoms with E-state index in [1.54, 1.807) is 17.0 Å². The highest BCUT2D eigenvalue weighted by Crippen LogP contribution is 2.33. The fourth-order valence-corrected chi connectivity index (χ4v) is 5.72. The number of nitrogen functional groups attached to an aromatic ring is 1. The minimum atomic E-state index is -1.10. The van der Waals surface area contributed by atoms with Crippen LogP contribution >= 0.6 is 11.6 Å². The maximum Gasteiger partial charge on any atom is 0.407 e. The summed E-state index contributed by atoms with van der Waals surface area (Å²) in [4.78, 5) is 39.6. The number of carbonyl (C=O) groups excluding carboxylic acids is 1. The second kappa shape index (κ2) is 12.0. The number of hydrogen-bond acceptors (Lipinski definition) is 9. The normalized spacial score (nSPS) is 19.2. The number of likely N-dealkylation sites (N-methyl/N-ethyl adjacent to an activating group) is 1. The highest BCUT2D eigenvalue weighted by molar-refractivity contribution is 6.37. The van der Waals surface area contributed by atoms with Crippen molar-refractivity contribution in [2.45, 2.75) is 31.3 Å². The number of anilines is 3. The van der Waals surface area contributed by atoms with Crippen molar-refractivity contribution >= 4 is 51.6 Å². The van der Waals surface area contributed by atoms with Crippen LogP contribution in [0.5, 0.6) is 6.01 Å². The molecule has 2 fully saturated rings. The van der Waals surface area contributed by atoms with Gasteiger partial charge in [0, 0.05) is 31.1 Å². The molecule has 12 nitrogen and oxygen atoms in total. The van der Waals surface area contributed by atoms with Crippen molar-refractivity contribution in [1.82, 2.24) is 19.8 Å². The molecule has 0 aliphatic carbocycles. The zero-order valence-corrected chi connectivity index (χ0v) is 23.3. The predicted octanol–water partition coefficient (Wildman–Crippen LogP) is 3.67. The summed E-state index contributed by atoms with van der Waals surface area (Å²) in [7, 11) is 2.03. The Bertz CT molecular complexity index is 1510. The Hall–Kier alpha value is -4.34. The lowest BCUT2D eigenvalue weighted by Crippen LogP contribution is -2.55. The number of nitriles is 1. The first kappa shape index (κ1) is 28.2. The van der Waals surface area contributed by atoms with Crippen LogP contribution < -0.4 is 20.7 Å². The van der Waals surface area contributed by atoms with E-state index in [2.05, 4.69) is 26.3 Å². The number of fused-ring (bicyclic) bond motifs is 1. The topological polar surface area (TPSA) is 161 Å². The molecule has 214 valence electrons. The number of amides is 2. The number of nitrogens with two attached hydrogens (primary N) is 1. The molecule has 2 aromatic carbocycles. The number of rotatable bonds is 7. The summed E-state index contributed by atoms with van der Waals surface area (Å²) in [6, 6.07) is 12.6. The molecule has 1 unspecified atom stereocenters. The fraction of sp³-hybridized carbons (Fsp3) is 0.393. The van der Waals surface area contributed by atoms with Gasteiger partial charge in [-0.3, -0.25) is 4.79 Å². The number of halogens is 1. The number of benzene rings is 2. The van der Waals surface area contributed by atoms with Crippen LogP contribution in [0.1, 0.15) is 29.8 Å². The Morgan fingerprint density at radius 3 is 2.68 bits per heavy atom. The Labute approximate surface area is 242 Å². The van der Waals surface area contributed by atoms with Gasteiger partial charge in [0.2, 0.25) is 0 Å². The zero-order valence-electron chi connectivity index (χ0n) is 22.6. The lowest BCUT2D eigenvalue weighted by molar-refractivity contribution is 0.102. The second-order valence-electron chi connectivity index (χ2n) is 10.2. The number of nitrogens with zero attached hydrogens (tertiary/aromatic N) is 6. The maximum absolute atomic E-state index is 13.7. The number of nitrogens with one attached hydrogen (secondary N) is 1. The molecule has 2 aliphatic heterocycles. The Balaban J connectivity index is 1.49. The van der Waals surface area contributed by atoms with Gasteiger partial charge >= 0.3 is 12.1 Å². The van der Waals surface area contributed by atoms with E-state index >= 15 is 0 Å². The summed E-state index contributed by atoms with van der Waals surface area (Å²) >= 11 is 6.46. The average molecular weight is 579 g/mol. The molecular weight excluding hydrogens is 548 g/mol. The van der Waals surface area contributed by atoms with E-state index in [0.717, 1.165) is 24.8 Å². The van der Waals surface area contributed by atoms with Crippen LogP contribution in [-0.4, -0.2) is 88.8 Å². The van der Waals surface area contributed by atoms with Crippen molar-refractivity contribution in [2.75, 3.05) is 55.8 Å². The highest BCUT2D eigenvalue weighted by Gasteiger charge is 2.33. The standard InChI is InChI=1S/C28H31ClN8O4/c1-35-12-4-7-19(35)16-41-27-33-24(26(38)32-21-9-3-6-17-5-2-8-20(29)22(17)21)23(31)25(34-27)36-13-14-37(28(39)40)18(15-36)10-11-30/h2-3,5-6,8-9,18-19H,4,7,10,12-16,31H2,1H3,(H,32,38)(H,39,40)/t18?,19-/m0/s1. The van der Waals surface area contributed by atoms with Crippen LogP contribution in [0.25, 0.3) is 10.8 Å². The molecular formula is C28H31ClN8O4. The van der Waals surface area contributed by atoms with E-state index in [-0.39, 0.29) is 55.3 Å². The van der Waals surface area contributed by atoms with Gasteiger partial charge in [-0.1, -0.05) is 35.9 Å². The van der Waals surface area contributed by atoms with Crippen LogP contribution in [0.4, 0.5) is 22.0 Å². The predicted molar refractivity (Wildman–Crippen MR) is 155 cm³/mol. The Morgan fingerprint density at radius 1 is 1.20 bits per heavy atom. The first-order valence-corrected chi connectivity index (χ1v) is 13.7. The summed E-state index contributed by atoms with van der Waals surface area (Å²) in [5, 5.41) is 23.8. The number of ether oxygens (including phenoxy) is 1. The molecule has 13 heteroatoms. The minimum Gasteiger partial charge on any atom is -0.465 e. The van der Waals surface area contributed by atoms with Crippen molar-refractivity contribution in [3.8, 4) is 12.1 Å². The summed E-state index contributed by atoms with van der Waals surface area (Å²) < 4.78 is 6.01. The van der Waals surface area contributed by atoms with Crippen LogP contribution in [0.2, 0.25) is 5.02 Å². The molecule has 0 bridgehead atoms. The third-order valence-electron chi connectivity index (χ3n) is 7.65. The molecule has 4 N–H and O–H groups in total. The molecule has 41 heavy (non-hydrogen) atoms. The SMILES string of the molecule is CN1CCC[C@H]1COc1nc(C(=O)Nc2cccc3cccc(Cl)c23)c(N)c(N2CCN(C(=O)O)C(CC#N)C2)n1. The van der Waals surface area contributed by atoms with Crippen LogP contribution in [0.3, 0.4) is 0 Å². The van der Waals surface area contributed by atoms with Crippen molar-refractivity contribution in [1.29, 1.82) is 5.26 Å². The summed E-state index contributed by atoms with van der Waals surface area (Å²) in [6.45, 7) is 1.89. The van der Waals surface area contributed by atoms with E-state index in [1.807, 2.05) is 31.3 Å². The van der Waals surface area contributed by atoms with Gasteiger partial charge in [0.05, 0.1) is 29.2 Å². The fourth-order valence-electron chi connectivity index (χ4n) is 5.44. The number of carbonyl (C=O) groups is 2. The molecule has 1 aromatic heterocycles. The number of hydrogen-bond donors (Lipinski definition) is 3. The molecule has 3 aromatic rings. The van der Waals surface area contributed by atoms with Crippen molar-refractivity contribution < 1.29 is 19.4 Å². The number of aromatic nitrogens is 2. The van der Waals surface area contributed by atoms with Crippen molar-refractivity contribution in [3.63, 3.8) is 0 Å². The van der Waals surface area contributed by atoms with Gasteiger partial charge in [0.15, 0.2) is 11.5 Å². The summed E-state index contributed by atoms with van der Waals surface area (Å²) in [5.41, 5.74) is 6.97. The van der Waals surface area contributed by atoms with Crippen LogP contribution in [0.15, 0.2) is 36.4 Å². The van der Waals surface area contributed by atoms with E-state index in [0.29, 0.717) is 22.7 Å². The van der Waals surface area contributed by atoms with E-state index < -0.39 is 18.0 Å². The minimum absolute atomic E-state index is 0.000342. The van der Waals surface area contributed by atoms with Crippen LogP contribution in [0, 0.1) is 11.3 Å². The van der Waals surface area contributed by atoms with Crippen molar-refractivity contribution in [3.05, 3.63) is 47.1 Å². The Morgan fingerprint density at radius 2 is 1.98 bits per heavy atom. The lowest BCUT2D eigenvalue weighted by atomic mass is 10.1. The van der Waals surface area contributed by atoms with Gasteiger partial charge < -0.3 is 35.6 Å². The van der Waals surface area contributed by atoms with Crippen LogP contribution in [-0.2, 0) is 0 Å². The third-order valence-corrected chi connectivity index (χ3v) is 7.97. The van der Waals surface area contributed by atoms with Crippen molar-refractivity contribution in [2.24, 2.45) is 0 Å². The molecule has 3 heterocycles. The number of piperazine rings is 1. The third kappa shape index (κ3) is 5.91. The summed E-state index contributed by atoms with van der Waals surface area (Å²) in [6.07, 6.45) is 0.938. The average Bonchev–Trinajstić information content (AvgIpc) is 3.37. The highest BCUT2D eigenvalue weighted by atomic mass is 35.5. The largest absolute Gasteiger partial charge is 0.465 e. The van der Waals surface area contributed by atoms with Gasteiger partial charge in [-0.15, -0.1) is 0 Å². The first-order chi connectivity index (χ1) is 19.8. The van der Waals surface area contributed by atoms with Gasteiger partial charge in [-0.25, -0.2) is 4.79 Å².